The lowest BCUT2D eigenvalue weighted by atomic mass is 9.91. The van der Waals surface area contributed by atoms with E-state index in [1.54, 1.807) is 12.3 Å². The van der Waals surface area contributed by atoms with E-state index in [1.165, 1.54) is 6.07 Å². The third-order valence-electron chi connectivity index (χ3n) is 3.97. The van der Waals surface area contributed by atoms with E-state index in [4.69, 9.17) is 28.3 Å². The molecule has 2 aromatic rings. The van der Waals surface area contributed by atoms with Gasteiger partial charge in [-0.05, 0) is 17.7 Å². The molecule has 0 aliphatic carbocycles. The summed E-state index contributed by atoms with van der Waals surface area (Å²) in [5, 5.41) is 22.8. The number of alkyl halides is 3. The fourth-order valence-corrected chi connectivity index (χ4v) is 2.99. The lowest BCUT2D eigenvalue weighted by Gasteiger charge is -2.27. The molecule has 0 saturated carbocycles. The highest BCUT2D eigenvalue weighted by atomic mass is 35.5. The van der Waals surface area contributed by atoms with Crippen LogP contribution in [0.5, 0.6) is 0 Å². The van der Waals surface area contributed by atoms with Gasteiger partial charge in [0.2, 0.25) is 5.96 Å². The molecule has 3 rings (SSSR count). The van der Waals surface area contributed by atoms with Gasteiger partial charge < -0.3 is 16.8 Å². The lowest BCUT2D eigenvalue weighted by molar-refractivity contribution is -0.138. The number of hydrogen-bond acceptors (Lipinski definition) is 8. The molecule has 12 heteroatoms. The molecule has 0 radical (unpaired) electrons. The van der Waals surface area contributed by atoms with Crippen molar-refractivity contribution >= 4 is 34.9 Å². The molecule has 0 fully saturated rings. The van der Waals surface area contributed by atoms with E-state index in [0.29, 0.717) is 0 Å². The van der Waals surface area contributed by atoms with Crippen molar-refractivity contribution in [2.45, 2.75) is 12.2 Å². The Morgan fingerprint density at radius 1 is 1.25 bits per heavy atom. The molecule has 6 N–H and O–H groups in total. The van der Waals surface area contributed by atoms with Crippen molar-refractivity contribution in [1.82, 2.24) is 10.3 Å². The molecule has 1 atom stereocenters. The second-order valence-electron chi connectivity index (χ2n) is 5.63. The van der Waals surface area contributed by atoms with Crippen molar-refractivity contribution in [3.05, 3.63) is 45.5 Å². The fraction of sp³-hybridized carbons (Fsp3) is 0.125. The monoisotopic (exact) mass is 406 g/mol. The highest BCUT2D eigenvalue weighted by Crippen LogP contribution is 2.45. The molecule has 2 heterocycles. The minimum atomic E-state index is -4.74. The van der Waals surface area contributed by atoms with Crippen LogP contribution >= 0.6 is 11.6 Å². The van der Waals surface area contributed by atoms with Gasteiger partial charge in [-0.3, -0.25) is 5.32 Å². The zero-order chi connectivity index (χ0) is 20.6. The van der Waals surface area contributed by atoms with Crippen molar-refractivity contribution in [3.8, 4) is 12.3 Å². The molecule has 142 valence electrons. The minimum Gasteiger partial charge on any atom is -0.397 e. The Bertz CT molecular complexity index is 1080. The Morgan fingerprint density at radius 2 is 1.96 bits per heavy atom. The van der Waals surface area contributed by atoms with Gasteiger partial charge in [0.15, 0.2) is 6.19 Å². The maximum absolute atomic E-state index is 13.6. The van der Waals surface area contributed by atoms with E-state index >= 15 is 0 Å². The van der Waals surface area contributed by atoms with Crippen LogP contribution in [0.3, 0.4) is 0 Å². The molecular weight excluding hydrogens is 397 g/mol. The number of hydrogen-bond donors (Lipinski definition) is 4. The summed E-state index contributed by atoms with van der Waals surface area (Å²) in [6, 6.07) is 3.64. The van der Waals surface area contributed by atoms with E-state index in [0.717, 1.165) is 12.1 Å². The number of aromatic nitrogens is 1. The van der Waals surface area contributed by atoms with Gasteiger partial charge in [-0.2, -0.15) is 23.7 Å². The molecule has 28 heavy (non-hydrogen) atoms. The molecule has 0 saturated heterocycles. The average molecular weight is 407 g/mol. The summed E-state index contributed by atoms with van der Waals surface area (Å²) in [4.78, 5) is 8.10. The van der Waals surface area contributed by atoms with Crippen molar-refractivity contribution in [2.24, 2.45) is 4.99 Å². The number of guanidine groups is 1. The zero-order valence-electron chi connectivity index (χ0n) is 13.8. The number of benzene rings is 1. The lowest BCUT2D eigenvalue weighted by Crippen LogP contribution is -2.33. The van der Waals surface area contributed by atoms with E-state index in [2.05, 4.69) is 20.6 Å². The first-order valence-electron chi connectivity index (χ1n) is 7.52. The SMILES string of the molecule is N#CNC1=NC(c2ccc(Cl)cc2C(F)(F)F)c2c(nc(N)c(C#N)c2N)N1. The van der Waals surface area contributed by atoms with E-state index in [1.807, 2.05) is 0 Å². The van der Waals surface area contributed by atoms with Crippen LogP contribution in [-0.2, 0) is 6.18 Å². The number of nitriles is 2. The fourth-order valence-electron chi connectivity index (χ4n) is 2.82. The zero-order valence-corrected chi connectivity index (χ0v) is 14.5. The van der Waals surface area contributed by atoms with E-state index in [9.17, 15) is 18.4 Å². The number of nitrogens with two attached hydrogens (primary N) is 2. The van der Waals surface area contributed by atoms with Gasteiger partial charge in [0.05, 0.1) is 11.3 Å². The number of nitrogen functional groups attached to an aromatic ring is 2. The molecule has 1 aliphatic heterocycles. The van der Waals surface area contributed by atoms with Crippen molar-refractivity contribution < 1.29 is 13.2 Å². The average Bonchev–Trinajstić information content (AvgIpc) is 2.60. The maximum atomic E-state index is 13.6. The van der Waals surface area contributed by atoms with Gasteiger partial charge in [-0.15, -0.1) is 0 Å². The minimum absolute atomic E-state index is 0.0187. The molecule has 8 nitrogen and oxygen atoms in total. The Morgan fingerprint density at radius 3 is 2.57 bits per heavy atom. The number of nitrogens with zero attached hydrogens (tertiary/aromatic N) is 4. The number of nitrogens with one attached hydrogen (secondary N) is 2. The molecule has 0 spiro atoms. The summed E-state index contributed by atoms with van der Waals surface area (Å²) >= 11 is 5.74. The topological polar surface area (TPSA) is 149 Å². The van der Waals surface area contributed by atoms with Gasteiger partial charge >= 0.3 is 6.18 Å². The van der Waals surface area contributed by atoms with Crippen LogP contribution in [0.2, 0.25) is 5.02 Å². The Balaban J connectivity index is 2.34. The second kappa shape index (κ2) is 6.79. The Kier molecular flexibility index (Phi) is 4.63. The van der Waals surface area contributed by atoms with Crippen LogP contribution in [0, 0.1) is 22.8 Å². The van der Waals surface area contributed by atoms with Crippen LogP contribution in [-0.4, -0.2) is 10.9 Å². The van der Waals surface area contributed by atoms with Gasteiger partial charge in [0.1, 0.15) is 29.3 Å². The highest BCUT2D eigenvalue weighted by molar-refractivity contribution is 6.30. The molecule has 1 aromatic carbocycles. The van der Waals surface area contributed by atoms with Gasteiger partial charge in [0.25, 0.3) is 0 Å². The predicted molar refractivity (Wildman–Crippen MR) is 95.9 cm³/mol. The van der Waals surface area contributed by atoms with Crippen LogP contribution in [0.15, 0.2) is 23.2 Å². The Labute approximate surface area is 161 Å². The number of rotatable bonds is 1. The van der Waals surface area contributed by atoms with Gasteiger partial charge in [-0.1, -0.05) is 17.7 Å². The summed E-state index contributed by atoms with van der Waals surface area (Å²) in [5.74, 6) is -0.385. The van der Waals surface area contributed by atoms with Crippen LogP contribution in [0.1, 0.15) is 28.3 Å². The number of halogens is 4. The molecule has 0 bridgehead atoms. The number of anilines is 3. The summed E-state index contributed by atoms with van der Waals surface area (Å²) < 4.78 is 40.8. The number of aliphatic imine (C=N–C) groups is 1. The molecule has 1 unspecified atom stereocenters. The molecule has 0 amide bonds. The quantitative estimate of drug-likeness (QED) is 0.420. The van der Waals surface area contributed by atoms with Gasteiger partial charge in [-0.25, -0.2) is 9.98 Å². The van der Waals surface area contributed by atoms with Crippen LogP contribution in [0.25, 0.3) is 0 Å². The summed E-state index contributed by atoms with van der Waals surface area (Å²) in [7, 11) is 0. The summed E-state index contributed by atoms with van der Waals surface area (Å²) in [6.45, 7) is 0. The third-order valence-corrected chi connectivity index (χ3v) is 4.21. The highest BCUT2D eigenvalue weighted by Gasteiger charge is 2.39. The molecular formula is C16H10ClF3N8. The standard InChI is InChI=1S/C16H10ClF3N8/c17-6-1-2-7(9(3-6)16(18,19)20)12-10-11(23)8(4-21)13(24)27-14(10)28-15(26-12)25-5-22/h1-3,12H,(H6,23,24,25,26,27,28). The smallest absolute Gasteiger partial charge is 0.397 e. The van der Waals surface area contributed by atoms with Crippen LogP contribution < -0.4 is 22.1 Å². The molecule has 1 aromatic heterocycles. The largest absolute Gasteiger partial charge is 0.416 e. The molecule has 1 aliphatic rings. The summed E-state index contributed by atoms with van der Waals surface area (Å²) in [5.41, 5.74) is 10.1. The first kappa shape index (κ1) is 19.1. The van der Waals surface area contributed by atoms with E-state index < -0.39 is 17.8 Å². The normalized spacial score (nSPS) is 15.5. The van der Waals surface area contributed by atoms with Gasteiger partial charge in [0, 0.05) is 10.6 Å². The third kappa shape index (κ3) is 3.19. The number of fused-ring (bicyclic) bond motifs is 1. The maximum Gasteiger partial charge on any atom is 0.416 e. The first-order valence-corrected chi connectivity index (χ1v) is 7.90. The predicted octanol–water partition coefficient (Wildman–Crippen LogP) is 2.73. The van der Waals surface area contributed by atoms with Crippen LogP contribution in [0.4, 0.5) is 30.5 Å². The van der Waals surface area contributed by atoms with Crippen molar-refractivity contribution in [3.63, 3.8) is 0 Å². The first-order chi connectivity index (χ1) is 13.2. The summed E-state index contributed by atoms with van der Waals surface area (Å²) in [6.07, 6.45) is -3.12. The Hall–Kier alpha value is -3.70. The second-order valence-corrected chi connectivity index (χ2v) is 6.07. The number of pyridine rings is 1. The van der Waals surface area contributed by atoms with E-state index in [-0.39, 0.29) is 45.0 Å². The van der Waals surface area contributed by atoms with Crippen molar-refractivity contribution in [1.29, 1.82) is 10.5 Å². The van der Waals surface area contributed by atoms with Crippen molar-refractivity contribution in [2.75, 3.05) is 16.8 Å².